The highest BCUT2D eigenvalue weighted by Crippen LogP contribution is 2.19. The summed E-state index contributed by atoms with van der Waals surface area (Å²) in [6, 6.07) is 3.67. The Morgan fingerprint density at radius 3 is 2.33 bits per heavy atom. The Balaban J connectivity index is 2.70. The summed E-state index contributed by atoms with van der Waals surface area (Å²) in [5.41, 5.74) is -0.245. The van der Waals surface area contributed by atoms with Crippen molar-refractivity contribution in [1.82, 2.24) is 5.32 Å². The van der Waals surface area contributed by atoms with E-state index in [4.69, 9.17) is 11.6 Å². The van der Waals surface area contributed by atoms with Crippen LogP contribution in [0.25, 0.3) is 0 Å². The molecule has 0 aliphatic rings. The fraction of sp³-hybridized carbons (Fsp3) is 0.333. The van der Waals surface area contributed by atoms with E-state index in [2.05, 4.69) is 10.6 Å². The van der Waals surface area contributed by atoms with Gasteiger partial charge in [-0.25, -0.2) is 4.39 Å². The molecule has 4 nitrogen and oxygen atoms in total. The van der Waals surface area contributed by atoms with Gasteiger partial charge in [0, 0.05) is 11.2 Å². The van der Waals surface area contributed by atoms with Crippen LogP contribution in [-0.2, 0) is 9.59 Å². The van der Waals surface area contributed by atoms with E-state index in [-0.39, 0.29) is 10.7 Å². The average Bonchev–Trinajstić information content (AvgIpc) is 2.21. The van der Waals surface area contributed by atoms with Gasteiger partial charge in [0.05, 0.1) is 5.02 Å². The lowest BCUT2D eigenvalue weighted by Crippen LogP contribution is -2.46. The molecule has 98 valence electrons. The molecule has 0 atom stereocenters. The van der Waals surface area contributed by atoms with Gasteiger partial charge in [-0.1, -0.05) is 11.6 Å². The van der Waals surface area contributed by atoms with E-state index in [9.17, 15) is 14.0 Å². The van der Waals surface area contributed by atoms with Crippen LogP contribution in [0, 0.1) is 5.82 Å². The van der Waals surface area contributed by atoms with Crippen LogP contribution >= 0.6 is 11.6 Å². The van der Waals surface area contributed by atoms with Gasteiger partial charge >= 0.3 is 11.8 Å². The first-order chi connectivity index (χ1) is 8.19. The van der Waals surface area contributed by atoms with Crippen molar-refractivity contribution >= 4 is 29.1 Å². The molecule has 0 saturated heterocycles. The van der Waals surface area contributed by atoms with Crippen LogP contribution in [-0.4, -0.2) is 17.4 Å². The van der Waals surface area contributed by atoms with Crippen LogP contribution in [0.5, 0.6) is 0 Å². The van der Waals surface area contributed by atoms with Gasteiger partial charge in [-0.3, -0.25) is 9.59 Å². The van der Waals surface area contributed by atoms with E-state index in [1.54, 1.807) is 20.8 Å². The smallest absolute Gasteiger partial charge is 0.313 e. The third-order valence-corrected chi connectivity index (χ3v) is 2.16. The van der Waals surface area contributed by atoms with E-state index in [1.807, 2.05) is 0 Å². The van der Waals surface area contributed by atoms with E-state index in [0.29, 0.717) is 0 Å². The molecule has 0 fully saturated rings. The largest absolute Gasteiger partial charge is 0.343 e. The minimum atomic E-state index is -0.826. The molecule has 0 radical (unpaired) electrons. The molecule has 0 bridgehead atoms. The maximum atomic E-state index is 12.9. The monoisotopic (exact) mass is 272 g/mol. The summed E-state index contributed by atoms with van der Waals surface area (Å²) in [7, 11) is 0. The Bertz CT molecular complexity index is 483. The first-order valence-corrected chi connectivity index (χ1v) is 5.65. The van der Waals surface area contributed by atoms with Crippen LogP contribution < -0.4 is 10.6 Å². The molecule has 1 aromatic carbocycles. The number of hydrogen-bond donors (Lipinski definition) is 2. The van der Waals surface area contributed by atoms with Crippen LogP contribution in [0.15, 0.2) is 18.2 Å². The minimum absolute atomic E-state index is 0.121. The number of rotatable bonds is 1. The molecule has 0 aromatic heterocycles. The molecule has 0 unspecified atom stereocenters. The normalized spacial score (nSPS) is 10.9. The lowest BCUT2D eigenvalue weighted by atomic mass is 10.1. The molecule has 0 aliphatic carbocycles. The third kappa shape index (κ3) is 4.33. The van der Waals surface area contributed by atoms with Crippen molar-refractivity contribution in [2.24, 2.45) is 0 Å². The number of halogens is 2. The number of carbonyl (C=O) groups excluding carboxylic acids is 2. The van der Waals surface area contributed by atoms with Crippen molar-refractivity contribution < 1.29 is 14.0 Å². The van der Waals surface area contributed by atoms with Gasteiger partial charge in [0.1, 0.15) is 5.82 Å². The van der Waals surface area contributed by atoms with Gasteiger partial charge in [-0.2, -0.15) is 0 Å². The zero-order chi connectivity index (χ0) is 13.9. The van der Waals surface area contributed by atoms with Gasteiger partial charge in [0.2, 0.25) is 0 Å². The van der Waals surface area contributed by atoms with E-state index >= 15 is 0 Å². The molecule has 6 heteroatoms. The maximum absolute atomic E-state index is 12.9. The summed E-state index contributed by atoms with van der Waals surface area (Å²) in [6.45, 7) is 5.27. The molecule has 0 spiro atoms. The zero-order valence-electron chi connectivity index (χ0n) is 10.3. The van der Waals surface area contributed by atoms with Crippen molar-refractivity contribution in [2.45, 2.75) is 26.3 Å². The second-order valence-corrected chi connectivity index (χ2v) is 5.19. The zero-order valence-corrected chi connectivity index (χ0v) is 11.1. The summed E-state index contributed by atoms with van der Waals surface area (Å²) in [6.07, 6.45) is 0. The standard InChI is InChI=1S/C12H14ClFN2O2/c1-12(2,3)16-11(18)10(17)15-7-4-5-9(14)8(13)6-7/h4-6H,1-3H3,(H,15,17)(H,16,18). The Morgan fingerprint density at radius 1 is 1.22 bits per heavy atom. The molecule has 2 amide bonds. The highest BCUT2D eigenvalue weighted by atomic mass is 35.5. The maximum Gasteiger partial charge on any atom is 0.313 e. The Hall–Kier alpha value is -1.62. The number of benzene rings is 1. The first kappa shape index (κ1) is 14.4. The average molecular weight is 273 g/mol. The van der Waals surface area contributed by atoms with Crippen LogP contribution in [0.1, 0.15) is 20.8 Å². The van der Waals surface area contributed by atoms with E-state index in [1.165, 1.54) is 12.1 Å². The number of amides is 2. The molecule has 1 rings (SSSR count). The quantitative estimate of drug-likeness (QED) is 0.771. The van der Waals surface area contributed by atoms with Gasteiger partial charge in [0.25, 0.3) is 0 Å². The Labute approximate surface area is 110 Å². The highest BCUT2D eigenvalue weighted by molar-refractivity contribution is 6.40. The van der Waals surface area contributed by atoms with Crippen molar-refractivity contribution in [3.63, 3.8) is 0 Å². The molecule has 0 saturated carbocycles. The molecule has 0 heterocycles. The lowest BCUT2D eigenvalue weighted by Gasteiger charge is -2.19. The SMILES string of the molecule is CC(C)(C)NC(=O)C(=O)Nc1ccc(F)c(Cl)c1. The minimum Gasteiger partial charge on any atom is -0.343 e. The van der Waals surface area contributed by atoms with Crippen molar-refractivity contribution in [3.8, 4) is 0 Å². The van der Waals surface area contributed by atoms with Crippen molar-refractivity contribution in [1.29, 1.82) is 0 Å². The Morgan fingerprint density at radius 2 is 1.83 bits per heavy atom. The van der Waals surface area contributed by atoms with Crippen LogP contribution in [0.2, 0.25) is 5.02 Å². The number of anilines is 1. The molecule has 18 heavy (non-hydrogen) atoms. The van der Waals surface area contributed by atoms with Crippen molar-refractivity contribution in [2.75, 3.05) is 5.32 Å². The summed E-state index contributed by atoms with van der Waals surface area (Å²) >= 11 is 5.56. The van der Waals surface area contributed by atoms with E-state index < -0.39 is 23.2 Å². The molecule has 2 N–H and O–H groups in total. The first-order valence-electron chi connectivity index (χ1n) is 5.27. The number of nitrogens with one attached hydrogen (secondary N) is 2. The third-order valence-electron chi connectivity index (χ3n) is 1.87. The summed E-state index contributed by atoms with van der Waals surface area (Å²) in [5, 5.41) is 4.72. The molecule has 0 aliphatic heterocycles. The van der Waals surface area contributed by atoms with Crippen LogP contribution in [0.3, 0.4) is 0 Å². The van der Waals surface area contributed by atoms with Crippen molar-refractivity contribution in [3.05, 3.63) is 29.0 Å². The molecular weight excluding hydrogens is 259 g/mol. The summed E-state index contributed by atoms with van der Waals surface area (Å²) in [4.78, 5) is 23.0. The second kappa shape index (κ2) is 5.35. The van der Waals surface area contributed by atoms with Gasteiger partial charge in [-0.15, -0.1) is 0 Å². The molecule has 1 aromatic rings. The fourth-order valence-corrected chi connectivity index (χ4v) is 1.34. The van der Waals surface area contributed by atoms with Gasteiger partial charge in [-0.05, 0) is 39.0 Å². The fourth-order valence-electron chi connectivity index (χ4n) is 1.16. The molecular formula is C12H14ClFN2O2. The van der Waals surface area contributed by atoms with Gasteiger partial charge < -0.3 is 10.6 Å². The second-order valence-electron chi connectivity index (χ2n) is 4.79. The summed E-state index contributed by atoms with van der Waals surface area (Å²) < 4.78 is 12.9. The predicted octanol–water partition coefficient (Wildman–Crippen LogP) is 2.33. The van der Waals surface area contributed by atoms with Crippen LogP contribution in [0.4, 0.5) is 10.1 Å². The highest BCUT2D eigenvalue weighted by Gasteiger charge is 2.20. The number of hydrogen-bond acceptors (Lipinski definition) is 2. The summed E-state index contributed by atoms with van der Waals surface area (Å²) in [5.74, 6) is -2.18. The van der Waals surface area contributed by atoms with E-state index in [0.717, 1.165) is 6.07 Å². The topological polar surface area (TPSA) is 58.2 Å². The number of carbonyl (C=O) groups is 2. The lowest BCUT2D eigenvalue weighted by molar-refractivity contribution is -0.137. The van der Waals surface area contributed by atoms with Gasteiger partial charge in [0.15, 0.2) is 0 Å². The predicted molar refractivity (Wildman–Crippen MR) is 67.9 cm³/mol. The Kier molecular flexibility index (Phi) is 4.29.